The van der Waals surface area contributed by atoms with Gasteiger partial charge in [0.25, 0.3) is 0 Å². The Morgan fingerprint density at radius 3 is 1.81 bits per heavy atom. The van der Waals surface area contributed by atoms with E-state index in [0.717, 1.165) is 23.6 Å². The molecule has 6 heteroatoms. The summed E-state index contributed by atoms with van der Waals surface area (Å²) in [6, 6.07) is 14.5. The zero-order valence-corrected chi connectivity index (χ0v) is 24.9. The zero-order chi connectivity index (χ0) is 27.5. The van der Waals surface area contributed by atoms with E-state index in [0.29, 0.717) is 5.75 Å². The number of aryl methyl sites for hydroxylation is 1. The minimum absolute atomic E-state index is 0.142. The highest BCUT2D eigenvalue weighted by Gasteiger charge is 2.30. The van der Waals surface area contributed by atoms with Crippen molar-refractivity contribution in [2.24, 2.45) is 0 Å². The van der Waals surface area contributed by atoms with E-state index >= 15 is 0 Å². The first kappa shape index (κ1) is 29.6. The molecule has 0 fully saturated rings. The highest BCUT2D eigenvalue weighted by molar-refractivity contribution is 6.89. The van der Waals surface area contributed by atoms with Crippen molar-refractivity contribution in [2.45, 2.75) is 90.8 Å². The molecule has 1 N–H and O–H groups in total. The Morgan fingerprint density at radius 1 is 0.889 bits per heavy atom. The largest absolute Gasteiger partial charge is 0.481 e. The number of carbonyl (C=O) groups is 2. The maximum Gasteiger partial charge on any atom is 0.311 e. The number of carboxylic acid groups (broad SMARTS) is 1. The van der Waals surface area contributed by atoms with Gasteiger partial charge in [-0.05, 0) is 41.0 Å². The lowest BCUT2D eigenvalue weighted by Crippen LogP contribution is -2.41. The summed E-state index contributed by atoms with van der Waals surface area (Å²) in [5, 5.41) is 10.4. The molecule has 0 unspecified atom stereocenters. The van der Waals surface area contributed by atoms with E-state index in [-0.39, 0.29) is 23.7 Å². The standard InChI is InChI=1S/C30H45NO4Si/c1-29(2,3)24-19-21(17-18-36(9,10)23-13-11-22(12-14-23)31(7)8)20-25(30(4,5)6)28(24)35-27(34)16-15-26(32)33/h11-14,19-20H,15-18H2,1-10H3,(H,32,33). The van der Waals surface area contributed by atoms with Crippen molar-refractivity contribution in [3.05, 3.63) is 53.1 Å². The molecule has 0 saturated carbocycles. The summed E-state index contributed by atoms with van der Waals surface area (Å²) in [7, 11) is 2.45. The van der Waals surface area contributed by atoms with Gasteiger partial charge < -0.3 is 14.7 Å². The Kier molecular flexibility index (Phi) is 9.22. The van der Waals surface area contributed by atoms with Crippen LogP contribution in [0.15, 0.2) is 36.4 Å². The molecule has 198 valence electrons. The molecule has 2 aromatic carbocycles. The number of esters is 1. The molecule has 0 aromatic heterocycles. The van der Waals surface area contributed by atoms with Crippen LogP contribution < -0.4 is 14.8 Å². The van der Waals surface area contributed by atoms with E-state index in [9.17, 15) is 9.59 Å². The van der Waals surface area contributed by atoms with Gasteiger partial charge in [0, 0.05) is 30.9 Å². The van der Waals surface area contributed by atoms with Crippen molar-refractivity contribution in [3.8, 4) is 5.75 Å². The molecular formula is C30H45NO4Si. The molecule has 0 saturated heterocycles. The second-order valence-corrected chi connectivity index (χ2v) is 17.6. The van der Waals surface area contributed by atoms with E-state index < -0.39 is 20.0 Å². The fraction of sp³-hybridized carbons (Fsp3) is 0.533. The van der Waals surface area contributed by atoms with Crippen LogP contribution in [0.25, 0.3) is 0 Å². The molecule has 0 heterocycles. The fourth-order valence-corrected chi connectivity index (χ4v) is 6.51. The van der Waals surface area contributed by atoms with Crippen LogP contribution in [0.1, 0.15) is 71.1 Å². The molecule has 5 nitrogen and oxygen atoms in total. The summed E-state index contributed by atoms with van der Waals surface area (Å²) in [5.74, 6) is -0.918. The SMILES string of the molecule is CN(C)c1ccc([Si](C)(C)CCc2cc(C(C)(C)C)c(OC(=O)CCC(=O)O)c(C(C)(C)C)c2)cc1. The second-order valence-electron chi connectivity index (χ2n) is 12.7. The number of carboxylic acids is 1. The predicted molar refractivity (Wildman–Crippen MR) is 153 cm³/mol. The molecular weight excluding hydrogens is 466 g/mol. The molecule has 2 aromatic rings. The number of aliphatic carboxylic acids is 1. The fourth-order valence-electron chi connectivity index (χ4n) is 4.24. The lowest BCUT2D eigenvalue weighted by molar-refractivity contribution is -0.142. The predicted octanol–water partition coefficient (Wildman–Crippen LogP) is 6.28. The van der Waals surface area contributed by atoms with E-state index in [1.165, 1.54) is 16.4 Å². The number of rotatable bonds is 9. The summed E-state index contributed by atoms with van der Waals surface area (Å²) < 4.78 is 5.88. The third-order valence-corrected chi connectivity index (χ3v) is 10.1. The van der Waals surface area contributed by atoms with Gasteiger partial charge >= 0.3 is 11.9 Å². The van der Waals surface area contributed by atoms with Gasteiger partial charge in [0.15, 0.2) is 0 Å². The van der Waals surface area contributed by atoms with Crippen LogP contribution in [-0.4, -0.2) is 39.2 Å². The van der Waals surface area contributed by atoms with Crippen molar-refractivity contribution in [1.82, 2.24) is 0 Å². The summed E-state index contributed by atoms with van der Waals surface area (Å²) in [5.41, 5.74) is 3.95. The number of ether oxygens (including phenoxy) is 1. The minimum Gasteiger partial charge on any atom is -0.481 e. The van der Waals surface area contributed by atoms with Crippen molar-refractivity contribution in [3.63, 3.8) is 0 Å². The third kappa shape index (κ3) is 7.95. The number of carbonyl (C=O) groups excluding carboxylic acids is 1. The molecule has 0 aliphatic heterocycles. The van der Waals surface area contributed by atoms with Crippen LogP contribution in [0.5, 0.6) is 5.75 Å². The quantitative estimate of drug-likeness (QED) is 0.244. The molecule has 0 amide bonds. The number of hydrogen-bond acceptors (Lipinski definition) is 4. The van der Waals surface area contributed by atoms with Crippen LogP contribution in [0.3, 0.4) is 0 Å². The summed E-state index contributed by atoms with van der Waals surface area (Å²) in [6.07, 6.45) is 0.576. The van der Waals surface area contributed by atoms with Crippen molar-refractivity contribution < 1.29 is 19.4 Å². The van der Waals surface area contributed by atoms with Gasteiger partial charge in [0.05, 0.1) is 20.9 Å². The number of anilines is 1. The molecule has 0 aliphatic rings. The van der Waals surface area contributed by atoms with E-state index in [1.807, 2.05) is 0 Å². The minimum atomic E-state index is -1.67. The Balaban J connectivity index is 2.43. The average molecular weight is 512 g/mol. The lowest BCUT2D eigenvalue weighted by atomic mass is 9.78. The molecule has 0 aliphatic carbocycles. The van der Waals surface area contributed by atoms with Gasteiger partial charge in [0.2, 0.25) is 0 Å². The second kappa shape index (κ2) is 11.2. The van der Waals surface area contributed by atoms with Gasteiger partial charge in [0.1, 0.15) is 5.75 Å². The van der Waals surface area contributed by atoms with Crippen molar-refractivity contribution in [2.75, 3.05) is 19.0 Å². The molecule has 0 radical (unpaired) electrons. The average Bonchev–Trinajstić information content (AvgIpc) is 2.75. The van der Waals surface area contributed by atoms with Crippen LogP contribution >= 0.6 is 0 Å². The molecule has 0 bridgehead atoms. The van der Waals surface area contributed by atoms with Gasteiger partial charge in [-0.25, -0.2) is 0 Å². The van der Waals surface area contributed by atoms with Gasteiger partial charge in [-0.1, -0.05) is 84.1 Å². The normalized spacial score (nSPS) is 12.4. The Morgan fingerprint density at radius 2 is 1.39 bits per heavy atom. The first-order valence-electron chi connectivity index (χ1n) is 12.8. The first-order chi connectivity index (χ1) is 16.4. The van der Waals surface area contributed by atoms with E-state index in [2.05, 4.69) is 110 Å². The maximum absolute atomic E-state index is 12.6. The molecule has 2 rings (SSSR count). The van der Waals surface area contributed by atoms with E-state index in [1.54, 1.807) is 0 Å². The summed E-state index contributed by atoms with van der Waals surface area (Å²) in [6.45, 7) is 17.6. The van der Waals surface area contributed by atoms with Gasteiger partial charge in [-0.2, -0.15) is 0 Å². The summed E-state index contributed by atoms with van der Waals surface area (Å²) in [4.78, 5) is 25.6. The summed E-state index contributed by atoms with van der Waals surface area (Å²) >= 11 is 0. The van der Waals surface area contributed by atoms with Gasteiger partial charge in [-0.3, -0.25) is 9.59 Å². The highest BCUT2D eigenvalue weighted by atomic mass is 28.3. The Labute approximate surface area is 218 Å². The highest BCUT2D eigenvalue weighted by Crippen LogP contribution is 2.41. The lowest BCUT2D eigenvalue weighted by Gasteiger charge is -2.31. The topological polar surface area (TPSA) is 66.8 Å². The maximum atomic E-state index is 12.6. The van der Waals surface area contributed by atoms with E-state index in [4.69, 9.17) is 9.84 Å². The van der Waals surface area contributed by atoms with Crippen LogP contribution in [0.2, 0.25) is 19.1 Å². The zero-order valence-electron chi connectivity index (χ0n) is 23.9. The van der Waals surface area contributed by atoms with Gasteiger partial charge in [-0.15, -0.1) is 0 Å². The third-order valence-electron chi connectivity index (χ3n) is 6.73. The first-order valence-corrected chi connectivity index (χ1v) is 16.0. The van der Waals surface area contributed by atoms with Crippen LogP contribution in [0.4, 0.5) is 5.69 Å². The number of nitrogens with zero attached hydrogens (tertiary/aromatic N) is 1. The molecule has 0 atom stereocenters. The molecule has 0 spiro atoms. The molecule has 36 heavy (non-hydrogen) atoms. The van der Waals surface area contributed by atoms with Crippen molar-refractivity contribution >= 4 is 30.9 Å². The monoisotopic (exact) mass is 511 g/mol. The van der Waals surface area contributed by atoms with Crippen molar-refractivity contribution in [1.29, 1.82) is 0 Å². The number of benzene rings is 2. The number of hydrogen-bond donors (Lipinski definition) is 1. The Bertz CT molecular complexity index is 1040. The van der Waals surface area contributed by atoms with Crippen LogP contribution in [0, 0.1) is 0 Å². The Hall–Kier alpha value is -2.60. The smallest absolute Gasteiger partial charge is 0.311 e. The van der Waals surface area contributed by atoms with Crippen LogP contribution in [-0.2, 0) is 26.8 Å².